The van der Waals surface area contributed by atoms with Gasteiger partial charge in [-0.05, 0) is 73.9 Å². The van der Waals surface area contributed by atoms with Crippen molar-refractivity contribution in [2.24, 2.45) is 0 Å². The van der Waals surface area contributed by atoms with Crippen LogP contribution in [0.4, 0.5) is 33.3 Å². The van der Waals surface area contributed by atoms with E-state index in [4.69, 9.17) is 0 Å². The summed E-state index contributed by atoms with van der Waals surface area (Å²) in [5.41, 5.74) is 2.27. The molecule has 0 aromatic heterocycles. The van der Waals surface area contributed by atoms with Crippen LogP contribution < -0.4 is 10.2 Å². The highest BCUT2D eigenvalue weighted by Gasteiger charge is 2.30. The fourth-order valence-corrected chi connectivity index (χ4v) is 4.30. The van der Waals surface area contributed by atoms with Gasteiger partial charge in [0.05, 0.1) is 16.9 Å². The Morgan fingerprint density at radius 2 is 1.60 bits per heavy atom. The maximum Gasteiger partial charge on any atom is 0.416 e. The van der Waals surface area contributed by atoms with Crippen molar-refractivity contribution in [2.75, 3.05) is 23.3 Å². The van der Waals surface area contributed by atoms with Crippen molar-refractivity contribution in [3.63, 3.8) is 0 Å². The molecule has 1 amide bonds. The van der Waals surface area contributed by atoms with Gasteiger partial charge in [0.1, 0.15) is 6.17 Å². The van der Waals surface area contributed by atoms with Gasteiger partial charge in [-0.1, -0.05) is 38.0 Å². The average Bonchev–Trinajstić information content (AvgIpc) is 2.86. The predicted octanol–water partition coefficient (Wildman–Crippen LogP) is 7.29. The lowest BCUT2D eigenvalue weighted by Gasteiger charge is -2.31. The molecule has 35 heavy (non-hydrogen) atoms. The largest absolute Gasteiger partial charge is 0.416 e. The standard InChI is InChI=1S/C27H33F5N2O/c1-2-3-7-22(28)25(29)26(35)33-23-15-12-20(18-24(23)34-16-5-4-6-17-34)9-8-19-10-13-21(14-11-19)27(30,31)32/h10-15,18,22,25H,2-9,16-17H2,1H3,(H,33,35)/t22-,25+/m0/s1. The average molecular weight is 497 g/mol. The molecule has 192 valence electrons. The van der Waals surface area contributed by atoms with E-state index in [-0.39, 0.29) is 6.42 Å². The number of amides is 1. The first-order valence-electron chi connectivity index (χ1n) is 12.3. The van der Waals surface area contributed by atoms with E-state index in [1.165, 1.54) is 12.1 Å². The number of aryl methyl sites for hydroxylation is 2. The third kappa shape index (κ3) is 7.67. The molecule has 3 rings (SSSR count). The molecule has 2 atom stereocenters. The smallest absolute Gasteiger partial charge is 0.370 e. The van der Waals surface area contributed by atoms with Crippen LogP contribution in [-0.2, 0) is 23.8 Å². The van der Waals surface area contributed by atoms with Crippen LogP contribution >= 0.6 is 0 Å². The number of benzene rings is 2. The van der Waals surface area contributed by atoms with Gasteiger partial charge in [-0.2, -0.15) is 13.2 Å². The van der Waals surface area contributed by atoms with Crippen molar-refractivity contribution < 1.29 is 26.7 Å². The van der Waals surface area contributed by atoms with Crippen LogP contribution in [-0.4, -0.2) is 31.3 Å². The first-order valence-corrected chi connectivity index (χ1v) is 12.3. The van der Waals surface area contributed by atoms with Crippen LogP contribution in [0.2, 0.25) is 0 Å². The molecule has 1 saturated heterocycles. The molecular formula is C27H33F5N2O. The highest BCUT2D eigenvalue weighted by atomic mass is 19.4. The topological polar surface area (TPSA) is 32.3 Å². The molecule has 0 radical (unpaired) electrons. The van der Waals surface area contributed by atoms with Gasteiger partial charge < -0.3 is 10.2 Å². The van der Waals surface area contributed by atoms with Gasteiger partial charge in [0.25, 0.3) is 5.91 Å². The molecular weight excluding hydrogens is 463 g/mol. The van der Waals surface area contributed by atoms with Gasteiger partial charge in [0.2, 0.25) is 6.17 Å². The van der Waals surface area contributed by atoms with Crippen LogP contribution in [0.15, 0.2) is 42.5 Å². The highest BCUT2D eigenvalue weighted by molar-refractivity contribution is 5.97. The number of nitrogens with zero attached hydrogens (tertiary/aromatic N) is 1. The minimum absolute atomic E-state index is 0.00690. The van der Waals surface area contributed by atoms with Gasteiger partial charge in [-0.3, -0.25) is 4.79 Å². The van der Waals surface area contributed by atoms with Crippen molar-refractivity contribution in [3.8, 4) is 0 Å². The molecule has 0 aliphatic carbocycles. The lowest BCUT2D eigenvalue weighted by Crippen LogP contribution is -2.34. The number of alkyl halides is 5. The summed E-state index contributed by atoms with van der Waals surface area (Å²) in [4.78, 5) is 14.6. The summed E-state index contributed by atoms with van der Waals surface area (Å²) in [7, 11) is 0. The zero-order chi connectivity index (χ0) is 25.4. The normalized spacial score (nSPS) is 16.1. The first-order chi connectivity index (χ1) is 16.7. The van der Waals surface area contributed by atoms with Crippen LogP contribution in [0.1, 0.15) is 62.1 Å². The molecule has 1 fully saturated rings. The highest BCUT2D eigenvalue weighted by Crippen LogP contribution is 2.32. The molecule has 2 aromatic rings. The summed E-state index contributed by atoms with van der Waals surface area (Å²) in [6, 6.07) is 10.6. The number of halogens is 5. The number of nitrogens with one attached hydrogen (secondary N) is 1. The molecule has 8 heteroatoms. The van der Waals surface area contributed by atoms with Crippen LogP contribution in [0.25, 0.3) is 0 Å². The number of piperidine rings is 1. The Labute approximate surface area is 203 Å². The monoisotopic (exact) mass is 496 g/mol. The lowest BCUT2D eigenvalue weighted by molar-refractivity contribution is -0.137. The van der Waals surface area contributed by atoms with E-state index in [9.17, 15) is 26.7 Å². The molecule has 1 heterocycles. The Morgan fingerprint density at radius 3 is 2.23 bits per heavy atom. The second-order valence-electron chi connectivity index (χ2n) is 9.14. The zero-order valence-corrected chi connectivity index (χ0v) is 20.0. The predicted molar refractivity (Wildman–Crippen MR) is 129 cm³/mol. The summed E-state index contributed by atoms with van der Waals surface area (Å²) in [6.45, 7) is 3.48. The number of carbonyl (C=O) groups is 1. The van der Waals surface area contributed by atoms with Gasteiger partial charge in [0, 0.05) is 13.1 Å². The van der Waals surface area contributed by atoms with E-state index in [0.717, 1.165) is 67.7 Å². The summed E-state index contributed by atoms with van der Waals surface area (Å²) in [5.74, 6) is -0.982. The quantitative estimate of drug-likeness (QED) is 0.351. The maximum atomic E-state index is 14.4. The molecule has 1 aliphatic rings. The van der Waals surface area contributed by atoms with Crippen LogP contribution in [0, 0.1) is 0 Å². The molecule has 2 aromatic carbocycles. The Balaban J connectivity index is 1.73. The number of unbranched alkanes of at least 4 members (excludes halogenated alkanes) is 1. The molecule has 1 aliphatic heterocycles. The van der Waals surface area contributed by atoms with Crippen molar-refractivity contribution in [2.45, 2.75) is 76.8 Å². The molecule has 1 N–H and O–H groups in total. The van der Waals surface area contributed by atoms with E-state index in [0.29, 0.717) is 24.9 Å². The maximum absolute atomic E-state index is 14.4. The van der Waals surface area contributed by atoms with E-state index in [1.54, 1.807) is 6.07 Å². The number of anilines is 2. The third-order valence-electron chi connectivity index (χ3n) is 6.40. The molecule has 0 unspecified atom stereocenters. The van der Waals surface area contributed by atoms with Crippen molar-refractivity contribution in [3.05, 3.63) is 59.2 Å². The van der Waals surface area contributed by atoms with Crippen LogP contribution in [0.3, 0.4) is 0 Å². The fourth-order valence-electron chi connectivity index (χ4n) is 4.30. The molecule has 3 nitrogen and oxygen atoms in total. The second-order valence-corrected chi connectivity index (χ2v) is 9.14. The van der Waals surface area contributed by atoms with Crippen molar-refractivity contribution in [1.82, 2.24) is 0 Å². The Hall–Kier alpha value is -2.64. The van der Waals surface area contributed by atoms with E-state index in [1.807, 2.05) is 19.1 Å². The number of carbonyl (C=O) groups excluding carboxylic acids is 1. The van der Waals surface area contributed by atoms with Gasteiger partial charge in [0.15, 0.2) is 0 Å². The SMILES string of the molecule is CCCC[C@H](F)[C@@H](F)C(=O)Nc1ccc(CCc2ccc(C(F)(F)F)cc2)cc1N1CCCCC1. The molecule has 0 spiro atoms. The van der Waals surface area contributed by atoms with E-state index >= 15 is 0 Å². The van der Waals surface area contributed by atoms with Gasteiger partial charge >= 0.3 is 6.18 Å². The van der Waals surface area contributed by atoms with Crippen molar-refractivity contribution >= 4 is 17.3 Å². The van der Waals surface area contributed by atoms with Crippen LogP contribution in [0.5, 0.6) is 0 Å². The minimum Gasteiger partial charge on any atom is -0.370 e. The zero-order valence-electron chi connectivity index (χ0n) is 20.0. The fraction of sp³-hybridized carbons (Fsp3) is 0.519. The Kier molecular flexibility index (Phi) is 9.52. The summed E-state index contributed by atoms with van der Waals surface area (Å²) >= 11 is 0. The number of hydrogen-bond donors (Lipinski definition) is 1. The summed E-state index contributed by atoms with van der Waals surface area (Å²) in [6.07, 6.45) is -2.93. The molecule has 0 bridgehead atoms. The van der Waals surface area contributed by atoms with Crippen molar-refractivity contribution in [1.29, 1.82) is 0 Å². The minimum atomic E-state index is -4.36. The van der Waals surface area contributed by atoms with E-state index < -0.39 is 30.0 Å². The third-order valence-corrected chi connectivity index (χ3v) is 6.40. The van der Waals surface area contributed by atoms with Gasteiger partial charge in [-0.15, -0.1) is 0 Å². The second kappa shape index (κ2) is 12.4. The molecule has 0 saturated carbocycles. The Morgan fingerprint density at radius 1 is 0.971 bits per heavy atom. The van der Waals surface area contributed by atoms with E-state index in [2.05, 4.69) is 10.2 Å². The first kappa shape index (κ1) is 27.0. The van der Waals surface area contributed by atoms with Gasteiger partial charge in [-0.25, -0.2) is 8.78 Å². The number of rotatable bonds is 10. The summed E-state index contributed by atoms with van der Waals surface area (Å²) < 4.78 is 66.9. The lowest BCUT2D eigenvalue weighted by atomic mass is 10.0. The summed E-state index contributed by atoms with van der Waals surface area (Å²) in [5, 5.41) is 2.58. The number of hydrogen-bond acceptors (Lipinski definition) is 2. The Bertz CT molecular complexity index is 955.